The van der Waals surface area contributed by atoms with Crippen LogP contribution >= 0.6 is 0 Å². The molecule has 25 heavy (non-hydrogen) atoms. The monoisotopic (exact) mass is 346 g/mol. The first kappa shape index (κ1) is 16.2. The minimum atomic E-state index is -0.924. The number of anilines is 1. The number of carbonyl (C=O) groups excluding carboxylic acids is 1. The third-order valence-corrected chi connectivity index (χ3v) is 4.99. The SMILES string of the molecule is O=C(NC1CC1)[C@@H]1CCC[C@@H](Nc2ncnc3cc(F)c(F)cc23)C1. The van der Waals surface area contributed by atoms with Gasteiger partial charge in [0.05, 0.1) is 5.52 Å². The maximum Gasteiger partial charge on any atom is 0.223 e. The van der Waals surface area contributed by atoms with E-state index in [4.69, 9.17) is 0 Å². The quantitative estimate of drug-likeness (QED) is 0.892. The number of fused-ring (bicyclic) bond motifs is 1. The lowest BCUT2D eigenvalue weighted by molar-refractivity contribution is -0.126. The summed E-state index contributed by atoms with van der Waals surface area (Å²) >= 11 is 0. The van der Waals surface area contributed by atoms with Gasteiger partial charge < -0.3 is 10.6 Å². The second-order valence-corrected chi connectivity index (χ2v) is 6.99. The summed E-state index contributed by atoms with van der Waals surface area (Å²) in [4.78, 5) is 20.5. The largest absolute Gasteiger partial charge is 0.367 e. The van der Waals surface area contributed by atoms with Crippen molar-refractivity contribution in [2.24, 2.45) is 5.92 Å². The first-order chi connectivity index (χ1) is 12.1. The smallest absolute Gasteiger partial charge is 0.223 e. The summed E-state index contributed by atoms with van der Waals surface area (Å²) in [5, 5.41) is 6.82. The van der Waals surface area contributed by atoms with E-state index < -0.39 is 11.6 Å². The third kappa shape index (κ3) is 3.55. The summed E-state index contributed by atoms with van der Waals surface area (Å²) in [5.41, 5.74) is 0.357. The van der Waals surface area contributed by atoms with E-state index in [1.54, 1.807) is 0 Å². The van der Waals surface area contributed by atoms with Crippen molar-refractivity contribution in [3.05, 3.63) is 30.1 Å². The van der Waals surface area contributed by atoms with E-state index in [0.717, 1.165) is 44.2 Å². The number of hydrogen-bond donors (Lipinski definition) is 2. The van der Waals surface area contributed by atoms with Gasteiger partial charge >= 0.3 is 0 Å². The van der Waals surface area contributed by atoms with Crippen LogP contribution in [0.5, 0.6) is 0 Å². The van der Waals surface area contributed by atoms with E-state index in [-0.39, 0.29) is 17.9 Å². The number of rotatable bonds is 4. The summed E-state index contributed by atoms with van der Waals surface area (Å²) in [6.07, 6.45) is 6.97. The van der Waals surface area contributed by atoms with Gasteiger partial charge in [-0.2, -0.15) is 0 Å². The van der Waals surface area contributed by atoms with Gasteiger partial charge in [-0.1, -0.05) is 6.42 Å². The number of amides is 1. The van der Waals surface area contributed by atoms with Crippen LogP contribution in [-0.4, -0.2) is 28.0 Å². The normalized spacial score (nSPS) is 23.4. The lowest BCUT2D eigenvalue weighted by Crippen LogP contribution is -2.38. The van der Waals surface area contributed by atoms with Crippen LogP contribution in [0.2, 0.25) is 0 Å². The van der Waals surface area contributed by atoms with E-state index >= 15 is 0 Å². The van der Waals surface area contributed by atoms with E-state index in [1.807, 2.05) is 0 Å². The zero-order chi connectivity index (χ0) is 17.4. The summed E-state index contributed by atoms with van der Waals surface area (Å²) in [5.74, 6) is -1.23. The number of nitrogens with zero attached hydrogens (tertiary/aromatic N) is 2. The van der Waals surface area contributed by atoms with Crippen LogP contribution in [0, 0.1) is 17.6 Å². The molecule has 5 nitrogen and oxygen atoms in total. The molecular weight excluding hydrogens is 326 g/mol. The molecule has 2 fully saturated rings. The van der Waals surface area contributed by atoms with Crippen molar-refractivity contribution in [3.8, 4) is 0 Å². The third-order valence-electron chi connectivity index (χ3n) is 4.99. The number of nitrogens with one attached hydrogen (secondary N) is 2. The molecule has 0 saturated heterocycles. The Bertz CT molecular complexity index is 809. The van der Waals surface area contributed by atoms with Crippen LogP contribution in [0.15, 0.2) is 18.5 Å². The zero-order valence-electron chi connectivity index (χ0n) is 13.8. The maximum absolute atomic E-state index is 13.6. The summed E-state index contributed by atoms with van der Waals surface area (Å²) in [6.45, 7) is 0. The summed E-state index contributed by atoms with van der Waals surface area (Å²) < 4.78 is 27.0. The topological polar surface area (TPSA) is 66.9 Å². The fraction of sp³-hybridized carbons (Fsp3) is 0.500. The predicted octanol–water partition coefficient (Wildman–Crippen LogP) is 3.16. The van der Waals surface area contributed by atoms with Crippen LogP contribution in [0.4, 0.5) is 14.6 Å². The molecule has 1 amide bonds. The number of halogens is 2. The number of aromatic nitrogens is 2. The Morgan fingerprint density at radius 2 is 1.84 bits per heavy atom. The minimum absolute atomic E-state index is 0.00543. The van der Waals surface area contributed by atoms with Gasteiger partial charge in [-0.15, -0.1) is 0 Å². The molecule has 0 bridgehead atoms. The highest BCUT2D eigenvalue weighted by molar-refractivity contribution is 5.89. The Kier molecular flexibility index (Phi) is 4.23. The highest BCUT2D eigenvalue weighted by atomic mass is 19.2. The second kappa shape index (κ2) is 6.54. The van der Waals surface area contributed by atoms with Crippen molar-refractivity contribution in [2.75, 3.05) is 5.32 Å². The fourth-order valence-corrected chi connectivity index (χ4v) is 3.47. The second-order valence-electron chi connectivity index (χ2n) is 6.99. The summed E-state index contributed by atoms with van der Waals surface area (Å²) in [7, 11) is 0. The number of hydrogen-bond acceptors (Lipinski definition) is 4. The molecule has 2 aliphatic carbocycles. The molecule has 0 unspecified atom stereocenters. The van der Waals surface area contributed by atoms with Gasteiger partial charge in [-0.25, -0.2) is 18.7 Å². The van der Waals surface area contributed by atoms with Gasteiger partial charge in [0.25, 0.3) is 0 Å². The molecule has 2 atom stereocenters. The van der Waals surface area contributed by atoms with Crippen molar-refractivity contribution >= 4 is 22.6 Å². The fourth-order valence-electron chi connectivity index (χ4n) is 3.47. The average molecular weight is 346 g/mol. The number of carbonyl (C=O) groups is 1. The van der Waals surface area contributed by atoms with Crippen molar-refractivity contribution in [2.45, 2.75) is 50.6 Å². The first-order valence-corrected chi connectivity index (χ1v) is 8.77. The molecule has 4 rings (SSSR count). The molecule has 7 heteroatoms. The van der Waals surface area contributed by atoms with Gasteiger partial charge in [0.1, 0.15) is 12.1 Å². The van der Waals surface area contributed by atoms with Crippen molar-refractivity contribution in [1.29, 1.82) is 0 Å². The van der Waals surface area contributed by atoms with Gasteiger partial charge in [0, 0.05) is 29.5 Å². The van der Waals surface area contributed by atoms with Gasteiger partial charge in [-0.3, -0.25) is 4.79 Å². The Labute approximate surface area is 144 Å². The van der Waals surface area contributed by atoms with Gasteiger partial charge in [0.2, 0.25) is 5.91 Å². The molecular formula is C18H20F2N4O. The summed E-state index contributed by atoms with van der Waals surface area (Å²) in [6, 6.07) is 2.64. The molecule has 132 valence electrons. The standard InChI is InChI=1S/C18H20F2N4O/c19-14-7-13-16(8-15(14)20)21-9-22-17(13)23-12-3-1-2-10(6-12)18(25)24-11-4-5-11/h7-12H,1-6H2,(H,24,25)(H,21,22,23)/t10-,12-/m1/s1. The molecule has 1 heterocycles. The molecule has 1 aromatic heterocycles. The number of benzene rings is 1. The minimum Gasteiger partial charge on any atom is -0.367 e. The highest BCUT2D eigenvalue weighted by Crippen LogP contribution is 2.30. The molecule has 2 aromatic rings. The Balaban J connectivity index is 1.50. The first-order valence-electron chi connectivity index (χ1n) is 8.77. The van der Waals surface area contributed by atoms with E-state index in [0.29, 0.717) is 29.2 Å². The molecule has 2 saturated carbocycles. The predicted molar refractivity (Wildman–Crippen MR) is 90.0 cm³/mol. The molecule has 2 N–H and O–H groups in total. The van der Waals surface area contributed by atoms with Crippen molar-refractivity contribution < 1.29 is 13.6 Å². The van der Waals surface area contributed by atoms with Crippen LogP contribution in [0.1, 0.15) is 38.5 Å². The van der Waals surface area contributed by atoms with Gasteiger partial charge in [-0.05, 0) is 38.2 Å². The zero-order valence-corrected chi connectivity index (χ0v) is 13.8. The van der Waals surface area contributed by atoms with E-state index in [2.05, 4.69) is 20.6 Å². The average Bonchev–Trinajstić information content (AvgIpc) is 3.41. The Morgan fingerprint density at radius 3 is 2.64 bits per heavy atom. The van der Waals surface area contributed by atoms with Gasteiger partial charge in [0.15, 0.2) is 11.6 Å². The van der Waals surface area contributed by atoms with E-state index in [1.165, 1.54) is 6.33 Å². The lowest BCUT2D eigenvalue weighted by atomic mass is 9.85. The maximum atomic E-state index is 13.6. The van der Waals surface area contributed by atoms with Crippen LogP contribution in [-0.2, 0) is 4.79 Å². The molecule has 2 aliphatic rings. The Hall–Kier alpha value is -2.31. The van der Waals surface area contributed by atoms with Crippen molar-refractivity contribution in [3.63, 3.8) is 0 Å². The molecule has 0 spiro atoms. The molecule has 1 aromatic carbocycles. The highest BCUT2D eigenvalue weighted by Gasteiger charge is 2.31. The van der Waals surface area contributed by atoms with Crippen LogP contribution in [0.25, 0.3) is 10.9 Å². The van der Waals surface area contributed by atoms with Crippen LogP contribution in [0.3, 0.4) is 0 Å². The van der Waals surface area contributed by atoms with Crippen molar-refractivity contribution in [1.82, 2.24) is 15.3 Å². The Morgan fingerprint density at radius 1 is 1.04 bits per heavy atom. The van der Waals surface area contributed by atoms with E-state index in [9.17, 15) is 13.6 Å². The molecule has 0 radical (unpaired) electrons. The molecule has 0 aliphatic heterocycles. The van der Waals surface area contributed by atoms with Crippen LogP contribution < -0.4 is 10.6 Å². The lowest BCUT2D eigenvalue weighted by Gasteiger charge is -2.29.